The third-order valence-electron chi connectivity index (χ3n) is 5.22. The fourth-order valence-electron chi connectivity index (χ4n) is 3.66. The molecule has 0 bridgehead atoms. The number of nitrogens with one attached hydrogen (secondary N) is 1. The van der Waals surface area contributed by atoms with Gasteiger partial charge in [-0.25, -0.2) is 0 Å². The van der Waals surface area contributed by atoms with E-state index >= 15 is 0 Å². The molecule has 0 radical (unpaired) electrons. The van der Waals surface area contributed by atoms with Crippen LogP contribution in [0.15, 0.2) is 48.5 Å². The van der Waals surface area contributed by atoms with Gasteiger partial charge in [0, 0.05) is 16.8 Å². The second-order valence-corrected chi connectivity index (χ2v) is 6.43. The van der Waals surface area contributed by atoms with Crippen molar-refractivity contribution in [3.8, 4) is 5.75 Å². The van der Waals surface area contributed by atoms with E-state index in [-0.39, 0.29) is 6.10 Å². The molecule has 22 heavy (non-hydrogen) atoms. The summed E-state index contributed by atoms with van der Waals surface area (Å²) in [5.74, 6) is 1.94. The van der Waals surface area contributed by atoms with E-state index < -0.39 is 0 Å². The molecule has 1 aromatic heterocycles. The van der Waals surface area contributed by atoms with Crippen LogP contribution in [0.3, 0.4) is 0 Å². The molecule has 0 saturated carbocycles. The van der Waals surface area contributed by atoms with Gasteiger partial charge >= 0.3 is 0 Å². The monoisotopic (exact) mass is 291 g/mol. The number of benzene rings is 2. The molecule has 2 aromatic carbocycles. The highest BCUT2D eigenvalue weighted by Gasteiger charge is 2.35. The Labute approximate surface area is 131 Å². The molecule has 0 amide bonds. The van der Waals surface area contributed by atoms with Gasteiger partial charge in [0.15, 0.2) is 0 Å². The normalized spacial score (nSPS) is 24.0. The summed E-state index contributed by atoms with van der Waals surface area (Å²) < 4.78 is 6.38. The van der Waals surface area contributed by atoms with Crippen molar-refractivity contribution in [2.24, 2.45) is 5.92 Å². The maximum Gasteiger partial charge on any atom is 0.142 e. The van der Waals surface area contributed by atoms with Crippen LogP contribution in [-0.4, -0.2) is 4.98 Å². The molecule has 1 aliphatic heterocycles. The smallest absolute Gasteiger partial charge is 0.142 e. The zero-order valence-electron chi connectivity index (χ0n) is 13.3. The predicted octanol–water partition coefficient (Wildman–Crippen LogP) is 5.35. The molecule has 2 nitrogen and oxygen atoms in total. The van der Waals surface area contributed by atoms with Crippen molar-refractivity contribution < 1.29 is 4.74 Å². The van der Waals surface area contributed by atoms with E-state index in [4.69, 9.17) is 4.74 Å². The van der Waals surface area contributed by atoms with Gasteiger partial charge in [-0.2, -0.15) is 0 Å². The molecule has 0 saturated heterocycles. The summed E-state index contributed by atoms with van der Waals surface area (Å²) in [4.78, 5) is 3.59. The van der Waals surface area contributed by atoms with E-state index in [2.05, 4.69) is 74.3 Å². The van der Waals surface area contributed by atoms with E-state index in [1.807, 2.05) is 0 Å². The highest BCUT2D eigenvalue weighted by atomic mass is 16.5. The Morgan fingerprint density at radius 1 is 0.955 bits per heavy atom. The van der Waals surface area contributed by atoms with Crippen molar-refractivity contribution in [3.05, 3.63) is 65.4 Å². The quantitative estimate of drug-likeness (QED) is 0.642. The lowest BCUT2D eigenvalue weighted by Crippen LogP contribution is -2.27. The Hall–Kier alpha value is -2.22. The van der Waals surface area contributed by atoms with Crippen LogP contribution in [0.5, 0.6) is 5.75 Å². The number of hydrogen-bond acceptors (Lipinski definition) is 1. The first-order valence-electron chi connectivity index (χ1n) is 7.99. The van der Waals surface area contributed by atoms with E-state index in [1.54, 1.807) is 0 Å². The van der Waals surface area contributed by atoms with Gasteiger partial charge in [-0.15, -0.1) is 0 Å². The molecule has 3 aromatic rings. The highest BCUT2D eigenvalue weighted by Crippen LogP contribution is 2.46. The van der Waals surface area contributed by atoms with Gasteiger partial charge in [-0.05, 0) is 36.1 Å². The van der Waals surface area contributed by atoms with Crippen LogP contribution < -0.4 is 4.74 Å². The number of aryl methyl sites for hydroxylation is 1. The van der Waals surface area contributed by atoms with Crippen molar-refractivity contribution in [2.75, 3.05) is 0 Å². The third kappa shape index (κ3) is 1.87. The molecule has 1 aliphatic rings. The maximum absolute atomic E-state index is 6.38. The molecule has 1 N–H and O–H groups in total. The van der Waals surface area contributed by atoms with Crippen molar-refractivity contribution >= 4 is 10.9 Å². The topological polar surface area (TPSA) is 25.0 Å². The fraction of sp³-hybridized carbons (Fsp3) is 0.300. The molecule has 0 aliphatic carbocycles. The van der Waals surface area contributed by atoms with Gasteiger partial charge in [-0.1, -0.05) is 50.2 Å². The Kier molecular flexibility index (Phi) is 3.00. The Bertz CT molecular complexity index is 833. The van der Waals surface area contributed by atoms with Crippen LogP contribution in [0.4, 0.5) is 0 Å². The Morgan fingerprint density at radius 2 is 1.68 bits per heavy atom. The average Bonchev–Trinajstić information content (AvgIpc) is 2.88. The van der Waals surface area contributed by atoms with Crippen molar-refractivity contribution in [1.82, 2.24) is 4.98 Å². The number of fused-ring (bicyclic) bond motifs is 2. The SMILES string of the molecule is Cc1c([C@@H]2Oc3ccccc3[C@@H](C)[C@H]2C)[nH]c2ccccc12. The summed E-state index contributed by atoms with van der Waals surface area (Å²) in [6.45, 7) is 6.78. The predicted molar refractivity (Wildman–Crippen MR) is 90.4 cm³/mol. The first-order valence-corrected chi connectivity index (χ1v) is 7.99. The molecule has 112 valence electrons. The molecule has 3 atom stereocenters. The number of aromatic nitrogens is 1. The van der Waals surface area contributed by atoms with Gasteiger partial charge in [0.2, 0.25) is 0 Å². The molecule has 2 heteroatoms. The molecule has 4 rings (SSSR count). The summed E-state index contributed by atoms with van der Waals surface area (Å²) in [6, 6.07) is 16.9. The zero-order chi connectivity index (χ0) is 15.3. The molecule has 0 fully saturated rings. The van der Waals surface area contributed by atoms with Gasteiger partial charge in [0.25, 0.3) is 0 Å². The molecule has 2 heterocycles. The Balaban J connectivity index is 1.83. The number of rotatable bonds is 1. The van der Waals surface area contributed by atoms with E-state index in [0.29, 0.717) is 11.8 Å². The van der Waals surface area contributed by atoms with Crippen LogP contribution >= 0.6 is 0 Å². The first-order chi connectivity index (χ1) is 10.7. The number of aromatic amines is 1. The minimum atomic E-state index is 0.0808. The van der Waals surface area contributed by atoms with E-state index in [0.717, 1.165) is 5.75 Å². The van der Waals surface area contributed by atoms with Crippen molar-refractivity contribution in [1.29, 1.82) is 0 Å². The number of para-hydroxylation sites is 2. The van der Waals surface area contributed by atoms with Crippen LogP contribution in [-0.2, 0) is 0 Å². The summed E-state index contributed by atoms with van der Waals surface area (Å²) in [5, 5.41) is 1.29. The zero-order valence-corrected chi connectivity index (χ0v) is 13.3. The second-order valence-electron chi connectivity index (χ2n) is 6.43. The maximum atomic E-state index is 6.38. The van der Waals surface area contributed by atoms with Crippen LogP contribution in [0.25, 0.3) is 10.9 Å². The Morgan fingerprint density at radius 3 is 2.50 bits per heavy atom. The minimum Gasteiger partial charge on any atom is -0.484 e. The largest absolute Gasteiger partial charge is 0.484 e. The van der Waals surface area contributed by atoms with Crippen LogP contribution in [0.2, 0.25) is 0 Å². The second kappa shape index (κ2) is 4.91. The van der Waals surface area contributed by atoms with Gasteiger partial charge < -0.3 is 9.72 Å². The summed E-state index contributed by atoms with van der Waals surface area (Å²) >= 11 is 0. The molecular formula is C20H21NO. The minimum absolute atomic E-state index is 0.0808. The lowest BCUT2D eigenvalue weighted by atomic mass is 9.81. The van der Waals surface area contributed by atoms with E-state index in [1.165, 1.54) is 27.7 Å². The average molecular weight is 291 g/mol. The number of hydrogen-bond donors (Lipinski definition) is 1. The third-order valence-corrected chi connectivity index (χ3v) is 5.22. The molecular weight excluding hydrogens is 270 g/mol. The lowest BCUT2D eigenvalue weighted by molar-refractivity contribution is 0.103. The first kappa shape index (κ1) is 13.4. The fourth-order valence-corrected chi connectivity index (χ4v) is 3.66. The van der Waals surface area contributed by atoms with Crippen molar-refractivity contribution in [3.63, 3.8) is 0 Å². The summed E-state index contributed by atoms with van der Waals surface area (Å²) in [6.07, 6.45) is 0.0808. The standard InChI is InChI=1S/C20H21NO/c1-12-13(2)20(22-18-11-7-5-9-16(12)18)19-14(3)15-8-4-6-10-17(15)21-19/h4-13,20-21H,1-3H3/t12-,13+,20+/m0/s1. The van der Waals surface area contributed by atoms with Gasteiger partial charge in [0.1, 0.15) is 11.9 Å². The van der Waals surface area contributed by atoms with E-state index in [9.17, 15) is 0 Å². The van der Waals surface area contributed by atoms with Gasteiger partial charge in [0.05, 0.1) is 5.69 Å². The summed E-state index contributed by atoms with van der Waals surface area (Å²) in [7, 11) is 0. The van der Waals surface area contributed by atoms with Crippen LogP contribution in [0, 0.1) is 12.8 Å². The number of H-pyrrole nitrogens is 1. The van der Waals surface area contributed by atoms with Gasteiger partial charge in [-0.3, -0.25) is 0 Å². The van der Waals surface area contributed by atoms with Crippen molar-refractivity contribution in [2.45, 2.75) is 32.8 Å². The summed E-state index contributed by atoms with van der Waals surface area (Å²) in [5.41, 5.74) is 5.03. The molecule has 0 unspecified atom stereocenters. The number of ether oxygens (including phenoxy) is 1. The highest BCUT2D eigenvalue weighted by molar-refractivity contribution is 5.84. The lowest BCUT2D eigenvalue weighted by Gasteiger charge is -2.36. The van der Waals surface area contributed by atoms with Crippen LogP contribution in [0.1, 0.15) is 42.7 Å². The molecule has 0 spiro atoms.